The number of aryl methyl sites for hydroxylation is 1. The monoisotopic (exact) mass is 440 g/mol. The molecule has 1 unspecified atom stereocenters. The Morgan fingerprint density at radius 1 is 1.19 bits per heavy atom. The number of guanidine groups is 1. The Morgan fingerprint density at radius 3 is 2.53 bits per heavy atom. The van der Waals surface area contributed by atoms with Crippen molar-refractivity contribution in [3.05, 3.63) is 59.5 Å². The number of rotatable bonds is 8. The first-order chi connectivity index (χ1) is 15.4. The van der Waals surface area contributed by atoms with Crippen LogP contribution in [0.2, 0.25) is 0 Å². The van der Waals surface area contributed by atoms with Crippen LogP contribution in [0.15, 0.2) is 51.9 Å². The maximum atomic E-state index is 12.7. The fourth-order valence-corrected chi connectivity index (χ4v) is 3.99. The second kappa shape index (κ2) is 11.2. The van der Waals surface area contributed by atoms with Gasteiger partial charge in [0, 0.05) is 19.6 Å². The van der Waals surface area contributed by atoms with Crippen LogP contribution in [-0.2, 0) is 16.8 Å². The Labute approximate surface area is 190 Å². The lowest BCUT2D eigenvalue weighted by molar-refractivity contribution is -0.130. The molecule has 0 aliphatic carbocycles. The van der Waals surface area contributed by atoms with Gasteiger partial charge in [0.05, 0.1) is 6.54 Å². The molecule has 1 aliphatic rings. The minimum atomic E-state index is -1.19. The van der Waals surface area contributed by atoms with Crippen molar-refractivity contribution in [3.8, 4) is 0 Å². The lowest BCUT2D eigenvalue weighted by Gasteiger charge is -2.32. The van der Waals surface area contributed by atoms with Gasteiger partial charge in [-0.1, -0.05) is 30.3 Å². The van der Waals surface area contributed by atoms with Gasteiger partial charge in [-0.15, -0.1) is 0 Å². The Balaban J connectivity index is 1.47. The number of piperidine rings is 1. The molecule has 0 spiro atoms. The number of carbonyl (C=O) groups excluding carboxylic acids is 1. The molecule has 0 saturated carbocycles. The fourth-order valence-electron chi connectivity index (χ4n) is 3.99. The van der Waals surface area contributed by atoms with Crippen LogP contribution in [0.5, 0.6) is 0 Å². The number of hydrogen-bond donors (Lipinski definition) is 3. The number of furan rings is 1. The van der Waals surface area contributed by atoms with E-state index in [1.807, 2.05) is 30.9 Å². The minimum absolute atomic E-state index is 0.0359. The molecule has 1 aromatic heterocycles. The van der Waals surface area contributed by atoms with Gasteiger partial charge in [0.15, 0.2) is 5.96 Å². The van der Waals surface area contributed by atoms with Crippen molar-refractivity contribution >= 4 is 11.9 Å². The van der Waals surface area contributed by atoms with Crippen molar-refractivity contribution in [1.29, 1.82) is 0 Å². The Morgan fingerprint density at radius 2 is 1.91 bits per heavy atom. The van der Waals surface area contributed by atoms with E-state index in [2.05, 4.69) is 39.9 Å². The molecule has 174 valence electrons. The van der Waals surface area contributed by atoms with Crippen LogP contribution >= 0.6 is 0 Å². The molecule has 3 N–H and O–H groups in total. The molecule has 7 nitrogen and oxygen atoms in total. The maximum Gasteiger partial charge on any atom is 0.244 e. The molecule has 1 aliphatic heterocycles. The van der Waals surface area contributed by atoms with Gasteiger partial charge in [-0.25, -0.2) is 4.99 Å². The summed E-state index contributed by atoms with van der Waals surface area (Å²) in [4.78, 5) is 19.0. The van der Waals surface area contributed by atoms with E-state index in [1.54, 1.807) is 13.0 Å². The number of aliphatic hydroxyl groups is 1. The highest BCUT2D eigenvalue weighted by molar-refractivity contribution is 5.85. The van der Waals surface area contributed by atoms with Crippen LogP contribution in [0.1, 0.15) is 43.8 Å². The predicted octanol–water partition coefficient (Wildman–Crippen LogP) is 2.83. The standard InChI is InChI=1S/C25H36N4O3/c1-4-26-24(28-18-25(3,31)22-11-10-19(2)32-22)27-17-23(30)29-14-12-21(13-15-29)16-20-8-6-5-7-9-20/h5-11,21,31H,4,12-18H2,1-3H3,(H2,26,27,28). The summed E-state index contributed by atoms with van der Waals surface area (Å²) in [5, 5.41) is 17.0. The highest BCUT2D eigenvalue weighted by Crippen LogP contribution is 2.23. The van der Waals surface area contributed by atoms with Crippen molar-refractivity contribution in [2.24, 2.45) is 10.9 Å². The third-order valence-electron chi connectivity index (χ3n) is 5.92. The first kappa shape index (κ1) is 23.9. The number of hydrogen-bond acceptors (Lipinski definition) is 4. The zero-order valence-corrected chi connectivity index (χ0v) is 19.4. The lowest BCUT2D eigenvalue weighted by atomic mass is 9.90. The van der Waals surface area contributed by atoms with E-state index in [1.165, 1.54) is 5.56 Å². The van der Waals surface area contributed by atoms with Crippen molar-refractivity contribution < 1.29 is 14.3 Å². The van der Waals surface area contributed by atoms with E-state index in [0.717, 1.165) is 38.1 Å². The van der Waals surface area contributed by atoms with Crippen molar-refractivity contribution in [1.82, 2.24) is 15.5 Å². The molecule has 1 fully saturated rings. The summed E-state index contributed by atoms with van der Waals surface area (Å²) in [6, 6.07) is 14.1. The maximum absolute atomic E-state index is 12.7. The number of nitrogens with zero attached hydrogens (tertiary/aromatic N) is 2. The number of nitrogens with one attached hydrogen (secondary N) is 2. The van der Waals surface area contributed by atoms with Crippen LogP contribution in [0, 0.1) is 12.8 Å². The molecular formula is C25H36N4O3. The number of amides is 1. The smallest absolute Gasteiger partial charge is 0.244 e. The van der Waals surface area contributed by atoms with Crippen molar-refractivity contribution in [2.75, 3.05) is 32.7 Å². The molecule has 2 heterocycles. The van der Waals surface area contributed by atoms with E-state index >= 15 is 0 Å². The lowest BCUT2D eigenvalue weighted by Crippen LogP contribution is -2.45. The third kappa shape index (κ3) is 6.85. The second-order valence-corrected chi connectivity index (χ2v) is 8.75. The van der Waals surface area contributed by atoms with E-state index in [9.17, 15) is 9.90 Å². The van der Waals surface area contributed by atoms with Gasteiger partial charge in [0.25, 0.3) is 0 Å². The summed E-state index contributed by atoms with van der Waals surface area (Å²) in [5.74, 6) is 2.40. The Hall–Kier alpha value is -2.80. The molecule has 32 heavy (non-hydrogen) atoms. The zero-order chi connectivity index (χ0) is 23.0. The average molecular weight is 441 g/mol. The normalized spacial score (nSPS) is 17.1. The summed E-state index contributed by atoms with van der Waals surface area (Å²) in [7, 11) is 0. The predicted molar refractivity (Wildman–Crippen MR) is 126 cm³/mol. The summed E-state index contributed by atoms with van der Waals surface area (Å²) >= 11 is 0. The molecule has 1 aromatic carbocycles. The Bertz CT molecular complexity index is 884. The quantitative estimate of drug-likeness (QED) is 0.434. The van der Waals surface area contributed by atoms with E-state index in [-0.39, 0.29) is 19.0 Å². The summed E-state index contributed by atoms with van der Waals surface area (Å²) < 4.78 is 5.55. The number of aliphatic imine (C=N–C) groups is 1. The molecule has 2 aromatic rings. The number of carbonyl (C=O) groups is 1. The van der Waals surface area contributed by atoms with Crippen LogP contribution < -0.4 is 10.6 Å². The van der Waals surface area contributed by atoms with Gasteiger partial charge >= 0.3 is 0 Å². The molecule has 1 saturated heterocycles. The summed E-state index contributed by atoms with van der Waals surface area (Å²) in [5.41, 5.74) is 0.179. The van der Waals surface area contributed by atoms with Gasteiger partial charge in [-0.3, -0.25) is 4.79 Å². The number of likely N-dealkylation sites (tertiary alicyclic amines) is 1. The molecular weight excluding hydrogens is 404 g/mol. The highest BCUT2D eigenvalue weighted by atomic mass is 16.4. The first-order valence-corrected chi connectivity index (χ1v) is 11.5. The van der Waals surface area contributed by atoms with E-state index in [0.29, 0.717) is 24.2 Å². The van der Waals surface area contributed by atoms with Gasteiger partial charge < -0.3 is 25.1 Å². The zero-order valence-electron chi connectivity index (χ0n) is 19.4. The van der Waals surface area contributed by atoms with Gasteiger partial charge in [0.1, 0.15) is 23.7 Å². The first-order valence-electron chi connectivity index (χ1n) is 11.5. The van der Waals surface area contributed by atoms with Crippen LogP contribution in [0.3, 0.4) is 0 Å². The molecule has 1 amide bonds. The summed E-state index contributed by atoms with van der Waals surface area (Å²) in [6.07, 6.45) is 3.12. The molecule has 7 heteroatoms. The highest BCUT2D eigenvalue weighted by Gasteiger charge is 2.27. The second-order valence-electron chi connectivity index (χ2n) is 8.75. The minimum Gasteiger partial charge on any atom is -0.463 e. The Kier molecular flexibility index (Phi) is 8.33. The number of benzene rings is 1. The fraction of sp³-hybridized carbons (Fsp3) is 0.520. The van der Waals surface area contributed by atoms with E-state index in [4.69, 9.17) is 4.42 Å². The topological polar surface area (TPSA) is 90.1 Å². The van der Waals surface area contributed by atoms with Crippen LogP contribution in [0.25, 0.3) is 0 Å². The molecule has 0 radical (unpaired) electrons. The van der Waals surface area contributed by atoms with Gasteiger partial charge in [-0.05, 0) is 63.6 Å². The van der Waals surface area contributed by atoms with Crippen LogP contribution in [0.4, 0.5) is 0 Å². The SMILES string of the molecule is CCNC(=NCC(=O)N1CCC(Cc2ccccc2)CC1)NCC(C)(O)c1ccc(C)o1. The largest absolute Gasteiger partial charge is 0.463 e. The average Bonchev–Trinajstić information content (AvgIpc) is 3.24. The summed E-state index contributed by atoms with van der Waals surface area (Å²) in [6.45, 7) is 8.01. The van der Waals surface area contributed by atoms with Crippen molar-refractivity contribution in [2.45, 2.75) is 45.6 Å². The van der Waals surface area contributed by atoms with E-state index < -0.39 is 5.60 Å². The molecule has 3 rings (SSSR count). The van der Waals surface area contributed by atoms with Gasteiger partial charge in [-0.2, -0.15) is 0 Å². The third-order valence-corrected chi connectivity index (χ3v) is 5.92. The van der Waals surface area contributed by atoms with Gasteiger partial charge in [0.2, 0.25) is 5.91 Å². The van der Waals surface area contributed by atoms with Crippen molar-refractivity contribution in [3.63, 3.8) is 0 Å². The molecule has 0 bridgehead atoms. The molecule has 1 atom stereocenters. The van der Waals surface area contributed by atoms with Crippen LogP contribution in [-0.4, -0.2) is 54.6 Å².